The number of nitrogens with zero attached hydrogens (tertiary/aromatic N) is 1. The van der Waals surface area contributed by atoms with Gasteiger partial charge in [-0.3, -0.25) is 0 Å². The van der Waals surface area contributed by atoms with Gasteiger partial charge in [0.15, 0.2) is 0 Å². The number of pyridine rings is 1. The van der Waals surface area contributed by atoms with E-state index in [4.69, 9.17) is 11.6 Å². The van der Waals surface area contributed by atoms with E-state index in [2.05, 4.69) is 21.8 Å². The van der Waals surface area contributed by atoms with Crippen LogP contribution in [0.15, 0.2) is 12.3 Å². The third-order valence-corrected chi connectivity index (χ3v) is 3.62. The molecule has 16 heavy (non-hydrogen) atoms. The summed E-state index contributed by atoms with van der Waals surface area (Å²) in [7, 11) is 0. The van der Waals surface area contributed by atoms with Crippen LogP contribution in [0.4, 0.5) is 13.2 Å². The first-order chi connectivity index (χ1) is 7.34. The zero-order valence-corrected chi connectivity index (χ0v) is 11.2. The average molecular weight is 312 g/mol. The monoisotopic (exact) mass is 311 g/mol. The minimum atomic E-state index is -4.39. The Bertz CT molecular complexity index is 368. The van der Waals surface area contributed by atoms with Gasteiger partial charge in [0, 0.05) is 0 Å². The summed E-state index contributed by atoms with van der Waals surface area (Å²) in [5.74, 6) is 0. The van der Waals surface area contributed by atoms with Gasteiger partial charge in [-0.05, 0) is 0 Å². The maximum absolute atomic E-state index is 12.3. The topological polar surface area (TPSA) is 12.9 Å². The Morgan fingerprint density at radius 2 is 2.12 bits per heavy atom. The molecule has 0 saturated carbocycles. The van der Waals surface area contributed by atoms with Crippen LogP contribution in [0.25, 0.3) is 0 Å². The molecule has 1 unspecified atom stereocenters. The van der Waals surface area contributed by atoms with Crippen LogP contribution in [-0.4, -0.2) is 21.8 Å². The molecule has 0 fully saturated rings. The molecular weight excluding hydrogens is 301 g/mol. The fourth-order valence-corrected chi connectivity index (χ4v) is 1.75. The standard InChI is InChI=1S/C10H10AsClF3N/c1-2-7(11)4-9-8(12)3-6(5-16-9)10(13,14)15/h3,5,7H,2,4H2,1H3. The van der Waals surface area contributed by atoms with Crippen LogP contribution in [0.1, 0.15) is 24.6 Å². The molecule has 0 aliphatic carbocycles. The van der Waals surface area contributed by atoms with Crippen molar-refractivity contribution < 1.29 is 13.2 Å². The summed E-state index contributed by atoms with van der Waals surface area (Å²) in [6.07, 6.45) is -2.06. The number of rotatable bonds is 3. The van der Waals surface area contributed by atoms with Crippen molar-refractivity contribution in [3.05, 3.63) is 28.5 Å². The molecule has 1 heterocycles. The zero-order chi connectivity index (χ0) is 12.3. The second-order valence-corrected chi connectivity index (χ2v) is 5.36. The first-order valence-electron chi connectivity index (χ1n) is 4.74. The molecule has 0 saturated heterocycles. The van der Waals surface area contributed by atoms with Gasteiger partial charge in [-0.15, -0.1) is 0 Å². The molecule has 0 amide bonds. The van der Waals surface area contributed by atoms with E-state index < -0.39 is 11.7 Å². The number of alkyl halides is 3. The van der Waals surface area contributed by atoms with E-state index in [-0.39, 0.29) is 5.02 Å². The summed E-state index contributed by atoms with van der Waals surface area (Å²) >= 11 is 8.24. The summed E-state index contributed by atoms with van der Waals surface area (Å²) < 4.78 is 37.3. The van der Waals surface area contributed by atoms with Gasteiger partial charge in [0.1, 0.15) is 0 Å². The average Bonchev–Trinajstić information content (AvgIpc) is 2.19. The van der Waals surface area contributed by atoms with Gasteiger partial charge in [-0.2, -0.15) is 0 Å². The van der Waals surface area contributed by atoms with Crippen molar-refractivity contribution in [1.29, 1.82) is 0 Å². The predicted molar refractivity (Wildman–Crippen MR) is 57.7 cm³/mol. The Balaban J connectivity index is 2.92. The van der Waals surface area contributed by atoms with Gasteiger partial charge in [0.05, 0.1) is 0 Å². The Labute approximate surface area is 106 Å². The van der Waals surface area contributed by atoms with Crippen LogP contribution in [0.2, 0.25) is 9.73 Å². The molecular formula is C10H10AsClF3N. The van der Waals surface area contributed by atoms with Crippen LogP contribution < -0.4 is 0 Å². The number of hydrogen-bond donors (Lipinski definition) is 0. The van der Waals surface area contributed by atoms with Gasteiger partial charge in [0.2, 0.25) is 0 Å². The quantitative estimate of drug-likeness (QED) is 0.776. The molecule has 1 rings (SSSR count). The molecule has 1 aromatic rings. The molecule has 1 nitrogen and oxygen atoms in total. The fourth-order valence-electron chi connectivity index (χ4n) is 1.14. The molecule has 0 aliphatic heterocycles. The van der Waals surface area contributed by atoms with E-state index >= 15 is 0 Å². The van der Waals surface area contributed by atoms with E-state index in [9.17, 15) is 13.2 Å². The normalized spacial score (nSPS) is 13.9. The van der Waals surface area contributed by atoms with Gasteiger partial charge < -0.3 is 0 Å². The maximum atomic E-state index is 12.3. The Kier molecular flexibility index (Phi) is 4.69. The number of aromatic nitrogens is 1. The van der Waals surface area contributed by atoms with Crippen molar-refractivity contribution in [1.82, 2.24) is 4.98 Å². The molecule has 0 spiro atoms. The minimum absolute atomic E-state index is 0.0827. The van der Waals surface area contributed by atoms with E-state index in [0.717, 1.165) is 18.7 Å². The number of halogens is 4. The van der Waals surface area contributed by atoms with Crippen molar-refractivity contribution in [3.63, 3.8) is 0 Å². The third-order valence-electron chi connectivity index (χ3n) is 2.14. The van der Waals surface area contributed by atoms with Crippen LogP contribution in [-0.2, 0) is 12.6 Å². The second-order valence-electron chi connectivity index (χ2n) is 3.42. The Hall–Kier alpha value is -0.212. The van der Waals surface area contributed by atoms with E-state index in [1.807, 2.05) is 6.92 Å². The molecule has 0 N–H and O–H groups in total. The van der Waals surface area contributed by atoms with Crippen LogP contribution >= 0.6 is 11.6 Å². The van der Waals surface area contributed by atoms with Gasteiger partial charge >= 0.3 is 106 Å². The van der Waals surface area contributed by atoms with Crippen LogP contribution in [0.5, 0.6) is 0 Å². The molecule has 2 radical (unpaired) electrons. The molecule has 6 heteroatoms. The molecule has 1 atom stereocenters. The van der Waals surface area contributed by atoms with Gasteiger partial charge in [-0.25, -0.2) is 0 Å². The Morgan fingerprint density at radius 1 is 1.50 bits per heavy atom. The van der Waals surface area contributed by atoms with Crippen LogP contribution in [0.3, 0.4) is 0 Å². The molecule has 0 aliphatic rings. The van der Waals surface area contributed by atoms with Crippen molar-refractivity contribution >= 4 is 28.5 Å². The Morgan fingerprint density at radius 3 is 2.56 bits per heavy atom. The van der Waals surface area contributed by atoms with Crippen molar-refractivity contribution in [3.8, 4) is 0 Å². The van der Waals surface area contributed by atoms with E-state index in [0.29, 0.717) is 16.8 Å². The molecule has 1 aromatic heterocycles. The second kappa shape index (κ2) is 5.41. The third kappa shape index (κ3) is 3.67. The van der Waals surface area contributed by atoms with Crippen LogP contribution in [0, 0.1) is 0 Å². The van der Waals surface area contributed by atoms with Gasteiger partial charge in [-0.1, -0.05) is 0 Å². The first-order valence-corrected chi connectivity index (χ1v) is 6.20. The number of hydrogen-bond acceptors (Lipinski definition) is 1. The fraction of sp³-hybridized carbons (Fsp3) is 0.500. The summed E-state index contributed by atoms with van der Waals surface area (Å²) in [6, 6.07) is 0.930. The molecule has 0 bridgehead atoms. The summed E-state index contributed by atoms with van der Waals surface area (Å²) in [5.41, 5.74) is -0.290. The molecule has 88 valence electrons. The predicted octanol–water partition coefficient (Wildman–Crippen LogP) is 3.66. The first kappa shape index (κ1) is 13.9. The van der Waals surface area contributed by atoms with E-state index in [1.54, 1.807) is 0 Å². The summed E-state index contributed by atoms with van der Waals surface area (Å²) in [6.45, 7) is 2.00. The summed E-state index contributed by atoms with van der Waals surface area (Å²) in [4.78, 5) is 3.77. The van der Waals surface area contributed by atoms with Crippen molar-refractivity contribution in [2.75, 3.05) is 0 Å². The zero-order valence-electron chi connectivity index (χ0n) is 8.55. The SMILES string of the molecule is CCC([As])Cc1ncc(C(F)(F)F)cc1Cl. The molecule has 0 aromatic carbocycles. The van der Waals surface area contributed by atoms with Gasteiger partial charge in [0.25, 0.3) is 0 Å². The van der Waals surface area contributed by atoms with E-state index in [1.165, 1.54) is 0 Å². The van der Waals surface area contributed by atoms with Crippen molar-refractivity contribution in [2.45, 2.75) is 30.6 Å². The summed E-state index contributed by atoms with van der Waals surface area (Å²) in [5, 5.41) is 0.0827. The van der Waals surface area contributed by atoms with Crippen molar-refractivity contribution in [2.24, 2.45) is 0 Å².